The van der Waals surface area contributed by atoms with Crippen molar-refractivity contribution < 1.29 is 18.0 Å². The highest BCUT2D eigenvalue weighted by Gasteiger charge is 2.36. The van der Waals surface area contributed by atoms with Gasteiger partial charge in [0.1, 0.15) is 6.54 Å². The van der Waals surface area contributed by atoms with Crippen molar-refractivity contribution >= 4 is 5.91 Å². The minimum absolute atomic E-state index is 0.0342. The van der Waals surface area contributed by atoms with Crippen LogP contribution in [0, 0.1) is 11.8 Å². The van der Waals surface area contributed by atoms with E-state index in [0.717, 1.165) is 24.2 Å². The molecule has 17 heavy (non-hydrogen) atoms. The molecule has 0 aromatic rings. The van der Waals surface area contributed by atoms with Crippen molar-refractivity contribution in [2.45, 2.75) is 31.9 Å². The van der Waals surface area contributed by atoms with Crippen molar-refractivity contribution in [3.63, 3.8) is 0 Å². The maximum absolute atomic E-state index is 12.2. The summed E-state index contributed by atoms with van der Waals surface area (Å²) in [5.74, 6) is -0.717. The Morgan fingerprint density at radius 3 is 2.47 bits per heavy atom. The molecule has 0 aliphatic heterocycles. The molecule has 2 atom stereocenters. The highest BCUT2D eigenvalue weighted by Crippen LogP contribution is 2.31. The molecular weight excluding hydrogens is 233 g/mol. The number of carbonyl (C=O) groups is 1. The number of amides is 1. The first-order chi connectivity index (χ1) is 7.85. The lowest BCUT2D eigenvalue weighted by molar-refractivity contribution is -0.162. The van der Waals surface area contributed by atoms with Crippen LogP contribution in [-0.2, 0) is 4.79 Å². The van der Waals surface area contributed by atoms with Crippen molar-refractivity contribution in [3.05, 3.63) is 0 Å². The molecule has 0 radical (unpaired) electrons. The van der Waals surface area contributed by atoms with E-state index >= 15 is 0 Å². The third-order valence-corrected chi connectivity index (χ3v) is 3.32. The number of halogens is 3. The number of carbonyl (C=O) groups excluding carboxylic acids is 1. The molecule has 1 fully saturated rings. The number of alkyl halides is 3. The first-order valence-electron chi connectivity index (χ1n) is 5.87. The van der Waals surface area contributed by atoms with Crippen molar-refractivity contribution in [1.82, 2.24) is 4.90 Å². The number of hydrogen-bond donors (Lipinski definition) is 1. The van der Waals surface area contributed by atoms with Crippen LogP contribution in [-0.4, -0.2) is 37.1 Å². The summed E-state index contributed by atoms with van der Waals surface area (Å²) in [5.41, 5.74) is 5.57. The lowest BCUT2D eigenvalue weighted by Gasteiger charge is -2.32. The number of hydrogen-bond acceptors (Lipinski definition) is 2. The van der Waals surface area contributed by atoms with E-state index in [1.807, 2.05) is 0 Å². The first kappa shape index (κ1) is 14.3. The van der Waals surface area contributed by atoms with Crippen LogP contribution in [0.4, 0.5) is 13.2 Å². The molecule has 0 aromatic heterocycles. The fraction of sp³-hybridized carbons (Fsp3) is 0.909. The van der Waals surface area contributed by atoms with E-state index in [1.165, 1.54) is 7.05 Å². The van der Waals surface area contributed by atoms with E-state index in [1.54, 1.807) is 0 Å². The molecule has 1 aliphatic rings. The molecule has 0 bridgehead atoms. The number of nitrogens with zero attached hydrogens (tertiary/aromatic N) is 1. The maximum Gasteiger partial charge on any atom is 0.406 e. The predicted molar refractivity (Wildman–Crippen MR) is 58.2 cm³/mol. The Bertz CT molecular complexity index is 268. The van der Waals surface area contributed by atoms with E-state index in [9.17, 15) is 18.0 Å². The zero-order valence-electron chi connectivity index (χ0n) is 9.96. The molecule has 1 aliphatic carbocycles. The molecule has 6 heteroatoms. The highest BCUT2D eigenvalue weighted by atomic mass is 19.4. The zero-order chi connectivity index (χ0) is 13.1. The van der Waals surface area contributed by atoms with Crippen molar-refractivity contribution in [1.29, 1.82) is 0 Å². The molecule has 0 heterocycles. The molecule has 0 saturated heterocycles. The van der Waals surface area contributed by atoms with Crippen LogP contribution in [0.3, 0.4) is 0 Å². The molecule has 1 amide bonds. The summed E-state index contributed by atoms with van der Waals surface area (Å²) in [6, 6.07) is 0. The third kappa shape index (κ3) is 4.18. The van der Waals surface area contributed by atoms with Gasteiger partial charge in [-0.25, -0.2) is 0 Å². The number of rotatable bonds is 3. The van der Waals surface area contributed by atoms with E-state index in [4.69, 9.17) is 5.73 Å². The first-order valence-corrected chi connectivity index (χ1v) is 5.87. The molecule has 3 nitrogen and oxygen atoms in total. The Labute approximate surface area is 99.1 Å². The molecule has 1 saturated carbocycles. The quantitative estimate of drug-likeness (QED) is 0.832. The summed E-state index contributed by atoms with van der Waals surface area (Å²) < 4.78 is 36.6. The van der Waals surface area contributed by atoms with Gasteiger partial charge in [-0.3, -0.25) is 4.79 Å². The van der Waals surface area contributed by atoms with Crippen LogP contribution < -0.4 is 5.73 Å². The highest BCUT2D eigenvalue weighted by molar-refractivity contribution is 5.79. The van der Waals surface area contributed by atoms with E-state index in [0.29, 0.717) is 13.0 Å². The average Bonchev–Trinajstić information content (AvgIpc) is 2.25. The standard InChI is InChI=1S/C11H19F3N2O/c1-16(7-11(12,13)14)10(17)9-5-3-2-4-8(9)6-15/h8-9H,2-7,15H2,1H3. The Balaban J connectivity index is 2.60. The molecule has 2 N–H and O–H groups in total. The molecule has 2 unspecified atom stereocenters. The third-order valence-electron chi connectivity index (χ3n) is 3.32. The van der Waals surface area contributed by atoms with Gasteiger partial charge < -0.3 is 10.6 Å². The molecule has 0 aromatic carbocycles. The number of nitrogens with two attached hydrogens (primary N) is 1. The summed E-state index contributed by atoms with van der Waals surface area (Å²) in [4.78, 5) is 12.7. The van der Waals surface area contributed by atoms with Gasteiger partial charge in [0.25, 0.3) is 0 Å². The van der Waals surface area contributed by atoms with Gasteiger partial charge in [-0.05, 0) is 25.3 Å². The summed E-state index contributed by atoms with van der Waals surface area (Å²) in [7, 11) is 1.21. The second kappa shape index (κ2) is 5.71. The van der Waals surface area contributed by atoms with Crippen LogP contribution in [0.2, 0.25) is 0 Å². The summed E-state index contributed by atoms with van der Waals surface area (Å²) in [6.45, 7) is -0.810. The second-order valence-electron chi connectivity index (χ2n) is 4.70. The van der Waals surface area contributed by atoms with Crippen LogP contribution in [0.25, 0.3) is 0 Å². The smallest absolute Gasteiger partial charge is 0.336 e. The van der Waals surface area contributed by atoms with Crippen molar-refractivity contribution in [2.24, 2.45) is 17.6 Å². The van der Waals surface area contributed by atoms with Crippen LogP contribution in [0.15, 0.2) is 0 Å². The Kier molecular flexibility index (Phi) is 4.80. The van der Waals surface area contributed by atoms with Crippen LogP contribution in [0.1, 0.15) is 25.7 Å². The summed E-state index contributed by atoms with van der Waals surface area (Å²) in [6.07, 6.45) is -0.936. The lowest BCUT2D eigenvalue weighted by atomic mass is 9.78. The van der Waals surface area contributed by atoms with Crippen LogP contribution in [0.5, 0.6) is 0 Å². The Morgan fingerprint density at radius 1 is 1.35 bits per heavy atom. The fourth-order valence-corrected chi connectivity index (χ4v) is 2.44. The SMILES string of the molecule is CN(CC(F)(F)F)C(=O)C1CCCCC1CN. The minimum Gasteiger partial charge on any atom is -0.336 e. The minimum atomic E-state index is -4.34. The largest absolute Gasteiger partial charge is 0.406 e. The fourth-order valence-electron chi connectivity index (χ4n) is 2.44. The molecule has 0 spiro atoms. The monoisotopic (exact) mass is 252 g/mol. The van der Waals surface area contributed by atoms with Gasteiger partial charge in [0.15, 0.2) is 0 Å². The Hall–Kier alpha value is -0.780. The van der Waals surface area contributed by atoms with Gasteiger partial charge in [0.2, 0.25) is 5.91 Å². The van der Waals surface area contributed by atoms with Crippen molar-refractivity contribution in [3.8, 4) is 0 Å². The van der Waals surface area contributed by atoms with E-state index in [2.05, 4.69) is 0 Å². The van der Waals surface area contributed by atoms with Gasteiger partial charge in [-0.15, -0.1) is 0 Å². The molecular formula is C11H19F3N2O. The van der Waals surface area contributed by atoms with Gasteiger partial charge in [-0.1, -0.05) is 12.8 Å². The average molecular weight is 252 g/mol. The lowest BCUT2D eigenvalue weighted by Crippen LogP contribution is -2.43. The zero-order valence-corrected chi connectivity index (χ0v) is 9.96. The summed E-state index contributed by atoms with van der Waals surface area (Å²) in [5, 5.41) is 0. The Morgan fingerprint density at radius 2 is 1.94 bits per heavy atom. The topological polar surface area (TPSA) is 46.3 Å². The van der Waals surface area contributed by atoms with Gasteiger partial charge in [0.05, 0.1) is 0 Å². The van der Waals surface area contributed by atoms with Crippen molar-refractivity contribution in [2.75, 3.05) is 20.1 Å². The normalized spacial score (nSPS) is 25.7. The van der Waals surface area contributed by atoms with Gasteiger partial charge >= 0.3 is 6.18 Å². The summed E-state index contributed by atoms with van der Waals surface area (Å²) >= 11 is 0. The second-order valence-corrected chi connectivity index (χ2v) is 4.70. The molecule has 100 valence electrons. The maximum atomic E-state index is 12.2. The van der Waals surface area contributed by atoms with Crippen LogP contribution >= 0.6 is 0 Å². The van der Waals surface area contributed by atoms with Gasteiger partial charge in [-0.2, -0.15) is 13.2 Å². The molecule has 1 rings (SSSR count). The van der Waals surface area contributed by atoms with E-state index < -0.39 is 18.6 Å². The van der Waals surface area contributed by atoms with Gasteiger partial charge in [0, 0.05) is 13.0 Å². The van der Waals surface area contributed by atoms with E-state index in [-0.39, 0.29) is 11.8 Å². The predicted octanol–water partition coefficient (Wildman–Crippen LogP) is 1.77.